The molecule has 0 aliphatic heterocycles. The van der Waals surface area contributed by atoms with Gasteiger partial charge in [0, 0.05) is 18.2 Å². The number of carbonyl (C=O) groups excluding carboxylic acids is 4. The van der Waals surface area contributed by atoms with Crippen molar-refractivity contribution in [2.45, 2.75) is 32.7 Å². The van der Waals surface area contributed by atoms with E-state index in [1.54, 1.807) is 0 Å². The summed E-state index contributed by atoms with van der Waals surface area (Å²) in [7, 11) is 0. The summed E-state index contributed by atoms with van der Waals surface area (Å²) in [4.78, 5) is 49.6. The van der Waals surface area contributed by atoms with E-state index in [0.717, 1.165) is 6.92 Å². The average Bonchev–Trinajstić information content (AvgIpc) is 2.58. The van der Waals surface area contributed by atoms with Gasteiger partial charge in [-0.3, -0.25) is 9.59 Å². The molecule has 0 aromatic heterocycles. The van der Waals surface area contributed by atoms with E-state index >= 15 is 0 Å². The van der Waals surface area contributed by atoms with Gasteiger partial charge in [-0.1, -0.05) is 25.3 Å². The monoisotopic (exact) mass is 378 g/mol. The SMILES string of the molecule is C=C/C=C(N)\C(=C/C=C)C(=O)CC(NC(C)=O)(C(=O)OCC)C(=O)OCC. The summed E-state index contributed by atoms with van der Waals surface area (Å²) in [5, 5.41) is 2.22. The zero-order valence-electron chi connectivity index (χ0n) is 15.9. The van der Waals surface area contributed by atoms with Crippen molar-refractivity contribution in [3.8, 4) is 0 Å². The smallest absolute Gasteiger partial charge is 0.344 e. The minimum atomic E-state index is -2.33. The maximum Gasteiger partial charge on any atom is 0.344 e. The number of hydrogen-bond acceptors (Lipinski definition) is 7. The van der Waals surface area contributed by atoms with Crippen LogP contribution in [0.2, 0.25) is 0 Å². The standard InChI is InChI=1S/C19H26N2O6/c1-6-10-14(15(20)11-7-2)16(23)12-19(21-13(5)22,17(24)26-8-3)18(25)27-9-4/h6-7,10-11H,1-2,8-9,12,20H2,3-5H3,(H,21,22)/b14-10+,15-11+. The molecule has 0 saturated heterocycles. The minimum Gasteiger partial charge on any atom is -0.464 e. The fourth-order valence-electron chi connectivity index (χ4n) is 2.20. The van der Waals surface area contributed by atoms with E-state index in [2.05, 4.69) is 18.5 Å². The van der Waals surface area contributed by atoms with Gasteiger partial charge in [-0.05, 0) is 26.0 Å². The summed E-state index contributed by atoms with van der Waals surface area (Å²) in [6, 6.07) is 0. The minimum absolute atomic E-state index is 0.00627. The predicted molar refractivity (Wildman–Crippen MR) is 100 cm³/mol. The van der Waals surface area contributed by atoms with Crippen molar-refractivity contribution in [1.29, 1.82) is 0 Å². The highest BCUT2D eigenvalue weighted by atomic mass is 16.6. The van der Waals surface area contributed by atoms with Gasteiger partial charge in [0.1, 0.15) is 0 Å². The third-order valence-electron chi connectivity index (χ3n) is 3.26. The van der Waals surface area contributed by atoms with Gasteiger partial charge < -0.3 is 20.5 Å². The number of allylic oxidation sites excluding steroid dienone is 5. The average molecular weight is 378 g/mol. The molecule has 0 unspecified atom stereocenters. The first-order valence-electron chi connectivity index (χ1n) is 8.27. The lowest BCUT2D eigenvalue weighted by atomic mass is 9.88. The summed E-state index contributed by atoms with van der Waals surface area (Å²) < 4.78 is 9.83. The molecule has 0 aliphatic rings. The number of carbonyl (C=O) groups is 4. The van der Waals surface area contributed by atoms with Crippen LogP contribution >= 0.6 is 0 Å². The molecule has 27 heavy (non-hydrogen) atoms. The number of amides is 1. The van der Waals surface area contributed by atoms with Crippen molar-refractivity contribution in [3.63, 3.8) is 0 Å². The zero-order valence-corrected chi connectivity index (χ0v) is 15.9. The van der Waals surface area contributed by atoms with Crippen molar-refractivity contribution in [3.05, 3.63) is 48.7 Å². The van der Waals surface area contributed by atoms with Crippen LogP contribution in [0.5, 0.6) is 0 Å². The molecule has 1 amide bonds. The number of nitrogens with two attached hydrogens (primary N) is 1. The highest BCUT2D eigenvalue weighted by Gasteiger charge is 2.52. The number of esters is 2. The third-order valence-corrected chi connectivity index (χ3v) is 3.26. The molecule has 0 spiro atoms. The Morgan fingerprint density at radius 2 is 1.48 bits per heavy atom. The van der Waals surface area contributed by atoms with Crippen LogP contribution in [0.1, 0.15) is 27.2 Å². The molecule has 0 heterocycles. The van der Waals surface area contributed by atoms with Gasteiger partial charge in [-0.2, -0.15) is 0 Å². The van der Waals surface area contributed by atoms with Crippen molar-refractivity contribution in [1.82, 2.24) is 5.32 Å². The number of Topliss-reactive ketones (excluding diaryl/α,β-unsaturated/α-hetero) is 1. The number of rotatable bonds is 11. The van der Waals surface area contributed by atoms with Gasteiger partial charge >= 0.3 is 11.9 Å². The van der Waals surface area contributed by atoms with E-state index in [1.807, 2.05) is 0 Å². The second-order valence-corrected chi connectivity index (χ2v) is 5.30. The molecule has 0 fully saturated rings. The first kappa shape index (κ1) is 23.8. The van der Waals surface area contributed by atoms with Gasteiger partial charge in [0.2, 0.25) is 11.4 Å². The second-order valence-electron chi connectivity index (χ2n) is 5.30. The number of nitrogens with one attached hydrogen (secondary N) is 1. The normalized spacial score (nSPS) is 12.0. The molecule has 0 atom stereocenters. The van der Waals surface area contributed by atoms with E-state index in [-0.39, 0.29) is 24.5 Å². The topological polar surface area (TPSA) is 125 Å². The largest absolute Gasteiger partial charge is 0.464 e. The summed E-state index contributed by atoms with van der Waals surface area (Å²) in [5.74, 6) is -3.61. The predicted octanol–water partition coefficient (Wildman–Crippen LogP) is 1.09. The first-order valence-corrected chi connectivity index (χ1v) is 8.27. The lowest BCUT2D eigenvalue weighted by molar-refractivity contribution is -0.169. The molecule has 8 heteroatoms. The van der Waals surface area contributed by atoms with E-state index < -0.39 is 35.6 Å². The molecule has 3 N–H and O–H groups in total. The van der Waals surface area contributed by atoms with Crippen molar-refractivity contribution < 1.29 is 28.7 Å². The number of ether oxygens (including phenoxy) is 2. The Morgan fingerprint density at radius 3 is 1.85 bits per heavy atom. The Morgan fingerprint density at radius 1 is 1.00 bits per heavy atom. The quantitative estimate of drug-likeness (QED) is 0.239. The Kier molecular flexibility index (Phi) is 10.1. The maximum atomic E-state index is 12.8. The molecule has 0 saturated carbocycles. The highest BCUT2D eigenvalue weighted by Crippen LogP contribution is 2.21. The summed E-state index contributed by atoms with van der Waals surface area (Å²) in [5.41, 5.74) is 3.56. The number of ketones is 1. The van der Waals surface area contributed by atoms with Crippen LogP contribution in [0.15, 0.2) is 48.7 Å². The highest BCUT2D eigenvalue weighted by molar-refractivity contribution is 6.13. The molecule has 0 rings (SSSR count). The molecule has 0 aliphatic carbocycles. The molecule has 148 valence electrons. The summed E-state index contributed by atoms with van der Waals surface area (Å²) >= 11 is 0. The molecule has 0 bridgehead atoms. The Hall–Kier alpha value is -3.16. The first-order chi connectivity index (χ1) is 12.7. The van der Waals surface area contributed by atoms with Gasteiger partial charge in [-0.15, -0.1) is 0 Å². The van der Waals surface area contributed by atoms with E-state index in [1.165, 1.54) is 38.2 Å². The zero-order chi connectivity index (χ0) is 21.0. The van der Waals surface area contributed by atoms with Crippen LogP contribution < -0.4 is 11.1 Å². The van der Waals surface area contributed by atoms with Gasteiger partial charge in [0.15, 0.2) is 5.78 Å². The van der Waals surface area contributed by atoms with E-state index in [9.17, 15) is 19.2 Å². The van der Waals surface area contributed by atoms with Crippen LogP contribution in [-0.4, -0.2) is 42.4 Å². The van der Waals surface area contributed by atoms with Crippen LogP contribution in [0.3, 0.4) is 0 Å². The Bertz CT molecular complexity index is 658. The molecule has 0 radical (unpaired) electrons. The summed E-state index contributed by atoms with van der Waals surface area (Å²) in [6.45, 7) is 11.0. The molecule has 0 aromatic carbocycles. The van der Waals surface area contributed by atoms with Crippen molar-refractivity contribution >= 4 is 23.6 Å². The Labute approximate surface area is 158 Å². The fourth-order valence-corrected chi connectivity index (χ4v) is 2.20. The van der Waals surface area contributed by atoms with Crippen LogP contribution in [0, 0.1) is 0 Å². The second kappa shape index (κ2) is 11.5. The fraction of sp³-hybridized carbons (Fsp3) is 0.368. The third kappa shape index (κ3) is 6.58. The molecule has 0 aromatic rings. The molecular weight excluding hydrogens is 352 g/mol. The lowest BCUT2D eigenvalue weighted by Crippen LogP contribution is -2.62. The van der Waals surface area contributed by atoms with E-state index in [0.29, 0.717) is 0 Å². The van der Waals surface area contributed by atoms with Gasteiger partial charge in [-0.25, -0.2) is 9.59 Å². The van der Waals surface area contributed by atoms with Crippen LogP contribution in [0.4, 0.5) is 0 Å². The summed E-state index contributed by atoms with van der Waals surface area (Å²) in [6.07, 6.45) is 4.66. The molecular formula is C19H26N2O6. The maximum absolute atomic E-state index is 12.8. The van der Waals surface area contributed by atoms with Crippen LogP contribution in [0.25, 0.3) is 0 Å². The number of hydrogen-bond donors (Lipinski definition) is 2. The van der Waals surface area contributed by atoms with Gasteiger partial charge in [0.25, 0.3) is 0 Å². The molecule has 8 nitrogen and oxygen atoms in total. The van der Waals surface area contributed by atoms with Gasteiger partial charge in [0.05, 0.1) is 19.6 Å². The van der Waals surface area contributed by atoms with Crippen molar-refractivity contribution in [2.75, 3.05) is 13.2 Å². The lowest BCUT2D eigenvalue weighted by Gasteiger charge is -2.29. The Balaban J connectivity index is 6.25. The van der Waals surface area contributed by atoms with E-state index in [4.69, 9.17) is 15.2 Å². The van der Waals surface area contributed by atoms with Crippen molar-refractivity contribution in [2.24, 2.45) is 5.73 Å². The van der Waals surface area contributed by atoms with Crippen LogP contribution in [-0.2, 0) is 28.7 Å².